The van der Waals surface area contributed by atoms with Gasteiger partial charge in [0.1, 0.15) is 6.54 Å². The Balaban J connectivity index is 1.52. The minimum Gasteiger partial charge on any atom is -0.493 e. The fraction of sp³-hybridized carbons (Fsp3) is 0.477. The molecule has 0 bridgehead atoms. The third kappa shape index (κ3) is 8.59. The molecule has 2 aromatic carbocycles. The van der Waals surface area contributed by atoms with Crippen LogP contribution in [0, 0.1) is 0 Å². The number of allylic oxidation sites excluding steroid dienone is 8. The van der Waals surface area contributed by atoms with Crippen LogP contribution >= 0.6 is 11.6 Å². The summed E-state index contributed by atoms with van der Waals surface area (Å²) in [5.74, 6) is 1.04. The van der Waals surface area contributed by atoms with Crippen molar-refractivity contribution in [3.63, 3.8) is 0 Å². The number of fused-ring (bicyclic) bond motifs is 2. The van der Waals surface area contributed by atoms with Crippen LogP contribution in [0.1, 0.15) is 96.6 Å². The number of hydrogen-bond donors (Lipinski definition) is 2. The highest BCUT2D eigenvalue weighted by Crippen LogP contribution is 2.52. The number of ether oxygens (including phenoxy) is 4. The Morgan fingerprint density at radius 2 is 1.35 bits per heavy atom. The summed E-state index contributed by atoms with van der Waals surface area (Å²) in [7, 11) is 6.54. The molecule has 2 aromatic rings. The Morgan fingerprint density at radius 1 is 0.764 bits per heavy atom. The number of carbonyl (C=O) groups is 2. The molecular weight excluding hydrogens is 720 g/mol. The highest BCUT2D eigenvalue weighted by molar-refractivity contribution is 6.32. The number of anilines is 1. The number of nitrogens with zero attached hydrogens (tertiary/aromatic N) is 2. The second-order valence-corrected chi connectivity index (χ2v) is 15.7. The van der Waals surface area contributed by atoms with E-state index in [1.54, 1.807) is 28.4 Å². The number of methoxy groups -OCH3 is 4. The van der Waals surface area contributed by atoms with Gasteiger partial charge >= 0.3 is 11.9 Å². The van der Waals surface area contributed by atoms with Crippen molar-refractivity contribution < 1.29 is 43.3 Å². The second kappa shape index (κ2) is 17.4. The molecule has 2 heterocycles. The minimum absolute atomic E-state index is 0.128. The van der Waals surface area contributed by atoms with Gasteiger partial charge in [0.25, 0.3) is 0 Å². The van der Waals surface area contributed by atoms with Crippen LogP contribution in [0.25, 0.3) is 0 Å². The second-order valence-electron chi connectivity index (χ2n) is 15.4. The summed E-state index contributed by atoms with van der Waals surface area (Å²) in [6.45, 7) is 10.1. The van der Waals surface area contributed by atoms with E-state index in [0.717, 1.165) is 82.2 Å². The van der Waals surface area contributed by atoms with E-state index in [1.807, 2.05) is 24.3 Å². The van der Waals surface area contributed by atoms with E-state index in [-0.39, 0.29) is 23.7 Å². The van der Waals surface area contributed by atoms with Gasteiger partial charge in [0, 0.05) is 65.3 Å². The van der Waals surface area contributed by atoms with Crippen LogP contribution in [0.3, 0.4) is 0 Å². The van der Waals surface area contributed by atoms with E-state index in [2.05, 4.69) is 61.5 Å². The van der Waals surface area contributed by atoms with Gasteiger partial charge in [0.15, 0.2) is 28.7 Å². The molecule has 0 unspecified atom stereocenters. The Morgan fingerprint density at radius 3 is 1.96 bits per heavy atom. The Labute approximate surface area is 330 Å². The number of carboxylic acids is 2. The van der Waals surface area contributed by atoms with Gasteiger partial charge in [0.2, 0.25) is 5.69 Å². The SMILES string of the molecule is COc1cc2c(cc1OC)C(C)(C)/C(=C/C=C1\CCCC(/C=C/C3=[N+](CCCCC(=O)O)c4cc(OC)c(OC)cc4C3(C)C)=C1Cl)N2CCCCC(=O)O. The molecule has 1 aliphatic carbocycles. The van der Waals surface area contributed by atoms with Crippen LogP contribution in [0.2, 0.25) is 0 Å². The first-order valence-electron chi connectivity index (χ1n) is 19.1. The number of halogens is 1. The van der Waals surface area contributed by atoms with Crippen LogP contribution < -0.4 is 23.8 Å². The minimum atomic E-state index is -0.791. The molecule has 0 atom stereocenters. The topological polar surface area (TPSA) is 118 Å². The first-order valence-corrected chi connectivity index (χ1v) is 19.4. The van der Waals surface area contributed by atoms with Gasteiger partial charge in [-0.2, -0.15) is 4.58 Å². The summed E-state index contributed by atoms with van der Waals surface area (Å²) in [5, 5.41) is 19.3. The number of hydrogen-bond acceptors (Lipinski definition) is 7. The molecule has 11 heteroatoms. The van der Waals surface area contributed by atoms with Gasteiger partial charge in [-0.15, -0.1) is 0 Å². The summed E-state index contributed by atoms with van der Waals surface area (Å²) < 4.78 is 25.0. The van der Waals surface area contributed by atoms with E-state index in [0.29, 0.717) is 48.9 Å². The molecule has 0 aromatic heterocycles. The number of carboxylic acid groups (broad SMARTS) is 2. The van der Waals surface area contributed by atoms with Crippen molar-refractivity contribution in [3.05, 3.63) is 81.6 Å². The molecule has 2 aliphatic heterocycles. The van der Waals surface area contributed by atoms with E-state index in [4.69, 9.17) is 30.5 Å². The quantitative estimate of drug-likeness (QED) is 0.120. The summed E-state index contributed by atoms with van der Waals surface area (Å²) in [6, 6.07) is 8.12. The summed E-state index contributed by atoms with van der Waals surface area (Å²) in [4.78, 5) is 24.8. The monoisotopic (exact) mass is 775 g/mol. The lowest BCUT2D eigenvalue weighted by molar-refractivity contribution is -0.438. The van der Waals surface area contributed by atoms with Crippen molar-refractivity contribution in [2.45, 2.75) is 96.3 Å². The molecular formula is C44H56ClN2O8+. The van der Waals surface area contributed by atoms with Crippen LogP contribution in [0.15, 0.2) is 70.4 Å². The molecule has 0 radical (unpaired) electrons. The molecule has 5 rings (SSSR count). The first-order chi connectivity index (χ1) is 26.2. The van der Waals surface area contributed by atoms with Crippen LogP contribution in [-0.4, -0.2) is 74.0 Å². The van der Waals surface area contributed by atoms with E-state index >= 15 is 0 Å². The highest BCUT2D eigenvalue weighted by Gasteiger charge is 2.45. The molecule has 0 spiro atoms. The van der Waals surface area contributed by atoms with E-state index < -0.39 is 11.9 Å². The van der Waals surface area contributed by atoms with E-state index in [9.17, 15) is 19.8 Å². The Hall–Kier alpha value is -4.70. The highest BCUT2D eigenvalue weighted by atomic mass is 35.5. The Bertz CT molecular complexity index is 1970. The maximum absolute atomic E-state index is 11.3. The predicted octanol–water partition coefficient (Wildman–Crippen LogP) is 9.45. The summed E-state index contributed by atoms with van der Waals surface area (Å²) >= 11 is 7.25. The van der Waals surface area contributed by atoms with Crippen LogP contribution in [0.5, 0.6) is 23.0 Å². The maximum Gasteiger partial charge on any atom is 0.303 e. The zero-order valence-electron chi connectivity index (χ0n) is 33.5. The van der Waals surface area contributed by atoms with E-state index in [1.165, 1.54) is 0 Å². The van der Waals surface area contributed by atoms with Crippen molar-refractivity contribution in [2.24, 2.45) is 0 Å². The van der Waals surface area contributed by atoms with Gasteiger partial charge in [-0.25, -0.2) is 0 Å². The fourth-order valence-corrected chi connectivity index (χ4v) is 8.45. The number of aliphatic carboxylic acids is 2. The number of benzene rings is 2. The molecule has 0 amide bonds. The van der Waals surface area contributed by atoms with Gasteiger partial charge in [-0.3, -0.25) is 9.59 Å². The lowest BCUT2D eigenvalue weighted by Gasteiger charge is -2.27. The van der Waals surface area contributed by atoms with Crippen molar-refractivity contribution in [3.8, 4) is 23.0 Å². The van der Waals surface area contributed by atoms with Crippen LogP contribution in [-0.2, 0) is 20.4 Å². The lowest BCUT2D eigenvalue weighted by atomic mass is 9.81. The zero-order valence-corrected chi connectivity index (χ0v) is 34.3. The molecule has 10 nitrogen and oxygen atoms in total. The van der Waals surface area contributed by atoms with Crippen molar-refractivity contribution in [1.82, 2.24) is 0 Å². The standard InChI is InChI=1S/C44H55ClN2O8/c1-43(2)30-24-34(52-5)36(54-7)26-32(30)46(22-11-9-16-40(48)49)38(43)20-18-28-14-13-15-29(42(28)45)19-21-39-44(3,4)31-25-35(53-6)37(55-8)27-33(31)47(39)23-12-10-17-41(50)51/h18-21,24-27H,9-17,22-23H2,1-8H3,(H-,48,49,50,51)/p+1. The predicted molar refractivity (Wildman–Crippen MR) is 217 cm³/mol. The maximum atomic E-state index is 11.3. The third-order valence-corrected chi connectivity index (χ3v) is 11.7. The number of rotatable bonds is 17. The molecule has 0 saturated heterocycles. The fourth-order valence-electron chi connectivity index (χ4n) is 8.13. The smallest absolute Gasteiger partial charge is 0.303 e. The van der Waals surface area contributed by atoms with Gasteiger partial charge < -0.3 is 34.1 Å². The number of unbranched alkanes of at least 4 members (excludes halogenated alkanes) is 2. The van der Waals surface area contributed by atoms with Gasteiger partial charge in [-0.05, 0) is 87.3 Å². The molecule has 55 heavy (non-hydrogen) atoms. The lowest BCUT2D eigenvalue weighted by Crippen LogP contribution is -2.28. The molecule has 3 aliphatic rings. The first kappa shape index (κ1) is 41.5. The zero-order chi connectivity index (χ0) is 40.1. The molecule has 296 valence electrons. The van der Waals surface area contributed by atoms with Crippen molar-refractivity contribution in [1.29, 1.82) is 0 Å². The molecule has 2 N–H and O–H groups in total. The molecule has 0 saturated carbocycles. The average Bonchev–Trinajstić information content (AvgIpc) is 3.49. The summed E-state index contributed by atoms with van der Waals surface area (Å²) in [5.41, 5.74) is 7.85. The van der Waals surface area contributed by atoms with Gasteiger partial charge in [-0.1, -0.05) is 37.6 Å². The third-order valence-electron chi connectivity index (χ3n) is 11.2. The summed E-state index contributed by atoms with van der Waals surface area (Å²) in [6.07, 6.45) is 14.1. The average molecular weight is 776 g/mol. The van der Waals surface area contributed by atoms with Crippen LogP contribution in [0.4, 0.5) is 11.4 Å². The van der Waals surface area contributed by atoms with Crippen molar-refractivity contribution >= 4 is 40.6 Å². The van der Waals surface area contributed by atoms with Gasteiger partial charge in [0.05, 0.1) is 39.9 Å². The van der Waals surface area contributed by atoms with Crippen molar-refractivity contribution in [2.75, 3.05) is 46.4 Å². The molecule has 0 fully saturated rings. The largest absolute Gasteiger partial charge is 0.493 e. The Kier molecular flexibility index (Phi) is 13.1. The normalized spacial score (nSPS) is 18.7.